The maximum Gasteiger partial charge on any atom is 0.295 e. The zero-order chi connectivity index (χ0) is 21.7. The van der Waals surface area contributed by atoms with Crippen molar-refractivity contribution in [1.82, 2.24) is 4.90 Å². The van der Waals surface area contributed by atoms with Crippen molar-refractivity contribution in [3.05, 3.63) is 71.3 Å². The zero-order valence-electron chi connectivity index (χ0n) is 17.5. The quantitative estimate of drug-likeness (QED) is 0.309. The molecule has 2 aromatic rings. The molecule has 1 atom stereocenters. The van der Waals surface area contributed by atoms with E-state index in [2.05, 4.69) is 0 Å². The van der Waals surface area contributed by atoms with Gasteiger partial charge in [0.1, 0.15) is 11.5 Å². The molecule has 1 aliphatic rings. The first kappa shape index (κ1) is 21.6. The Hall–Kier alpha value is -3.12. The van der Waals surface area contributed by atoms with E-state index in [4.69, 9.17) is 9.47 Å². The Bertz CT molecular complexity index is 918. The molecule has 0 saturated carbocycles. The highest BCUT2D eigenvalue weighted by atomic mass is 16.5. The van der Waals surface area contributed by atoms with E-state index in [1.165, 1.54) is 4.90 Å². The van der Waals surface area contributed by atoms with Crippen LogP contribution in [0.2, 0.25) is 0 Å². The fourth-order valence-corrected chi connectivity index (χ4v) is 3.55. The van der Waals surface area contributed by atoms with Crippen molar-refractivity contribution >= 4 is 17.4 Å². The highest BCUT2D eigenvalue weighted by molar-refractivity contribution is 6.46. The van der Waals surface area contributed by atoms with E-state index in [0.717, 1.165) is 5.56 Å². The van der Waals surface area contributed by atoms with Crippen LogP contribution < -0.4 is 4.74 Å². The first-order valence-electron chi connectivity index (χ1n) is 10.0. The fourth-order valence-electron chi connectivity index (χ4n) is 3.55. The summed E-state index contributed by atoms with van der Waals surface area (Å²) >= 11 is 0. The smallest absolute Gasteiger partial charge is 0.295 e. The molecule has 0 bridgehead atoms. The molecule has 2 aromatic carbocycles. The van der Waals surface area contributed by atoms with Crippen molar-refractivity contribution in [2.75, 3.05) is 20.3 Å². The van der Waals surface area contributed by atoms with E-state index < -0.39 is 17.7 Å². The second kappa shape index (κ2) is 9.59. The Labute approximate surface area is 176 Å². The van der Waals surface area contributed by atoms with E-state index in [0.29, 0.717) is 30.9 Å². The topological polar surface area (TPSA) is 76.1 Å². The number of hydrogen-bond acceptors (Lipinski definition) is 5. The number of methoxy groups -OCH3 is 1. The molecule has 0 spiro atoms. The van der Waals surface area contributed by atoms with Crippen molar-refractivity contribution in [2.45, 2.75) is 32.4 Å². The molecule has 0 radical (unpaired) electrons. The Morgan fingerprint density at radius 1 is 1.07 bits per heavy atom. The number of hydrogen-bond donors (Lipinski definition) is 1. The number of carbonyl (C=O) groups excluding carboxylic acids is 2. The third kappa shape index (κ3) is 4.54. The molecule has 0 unspecified atom stereocenters. The number of ether oxygens (including phenoxy) is 2. The van der Waals surface area contributed by atoms with Crippen molar-refractivity contribution in [1.29, 1.82) is 0 Å². The monoisotopic (exact) mass is 409 g/mol. The number of rotatable bonds is 8. The van der Waals surface area contributed by atoms with Crippen LogP contribution in [-0.2, 0) is 14.3 Å². The van der Waals surface area contributed by atoms with Gasteiger partial charge in [0.2, 0.25) is 0 Å². The van der Waals surface area contributed by atoms with Gasteiger partial charge in [-0.1, -0.05) is 42.5 Å². The Kier molecular flexibility index (Phi) is 6.90. The lowest BCUT2D eigenvalue weighted by Crippen LogP contribution is -2.31. The molecule has 1 fully saturated rings. The predicted octanol–water partition coefficient (Wildman–Crippen LogP) is 3.93. The summed E-state index contributed by atoms with van der Waals surface area (Å²) in [6.07, 6.45) is 0.680. The Morgan fingerprint density at radius 2 is 1.73 bits per heavy atom. The molecule has 0 aromatic heterocycles. The average molecular weight is 409 g/mol. The minimum Gasteiger partial charge on any atom is -0.507 e. The fraction of sp³-hybridized carbons (Fsp3) is 0.333. The molecular weight excluding hydrogens is 382 g/mol. The van der Waals surface area contributed by atoms with Crippen LogP contribution in [0.15, 0.2) is 60.2 Å². The molecule has 158 valence electrons. The molecule has 6 heteroatoms. The van der Waals surface area contributed by atoms with Gasteiger partial charge in [-0.2, -0.15) is 0 Å². The van der Waals surface area contributed by atoms with Crippen LogP contribution in [0.25, 0.3) is 5.76 Å². The van der Waals surface area contributed by atoms with E-state index >= 15 is 0 Å². The lowest BCUT2D eigenvalue weighted by Gasteiger charge is -2.25. The van der Waals surface area contributed by atoms with E-state index in [-0.39, 0.29) is 17.4 Å². The van der Waals surface area contributed by atoms with E-state index in [1.54, 1.807) is 43.5 Å². The van der Waals surface area contributed by atoms with Crippen LogP contribution in [0.5, 0.6) is 5.75 Å². The number of carbonyl (C=O) groups is 2. The molecule has 1 N–H and O–H groups in total. The number of amides is 1. The van der Waals surface area contributed by atoms with Gasteiger partial charge in [0.25, 0.3) is 11.7 Å². The lowest BCUT2D eigenvalue weighted by molar-refractivity contribution is -0.140. The van der Waals surface area contributed by atoms with Gasteiger partial charge < -0.3 is 19.5 Å². The average Bonchev–Trinajstić information content (AvgIpc) is 3.01. The van der Waals surface area contributed by atoms with Crippen LogP contribution in [-0.4, -0.2) is 48.1 Å². The summed E-state index contributed by atoms with van der Waals surface area (Å²) in [6, 6.07) is 15.3. The normalized spacial score (nSPS) is 18.3. The number of nitrogens with zero attached hydrogens (tertiary/aromatic N) is 1. The zero-order valence-corrected chi connectivity index (χ0v) is 17.5. The number of likely N-dealkylation sites (tertiary alicyclic amines) is 1. The summed E-state index contributed by atoms with van der Waals surface area (Å²) in [5.41, 5.74) is 1.33. The minimum absolute atomic E-state index is 0.0934. The molecule has 0 aliphatic carbocycles. The highest BCUT2D eigenvalue weighted by Gasteiger charge is 2.45. The lowest BCUT2D eigenvalue weighted by atomic mass is 9.95. The van der Waals surface area contributed by atoms with Crippen molar-refractivity contribution in [2.24, 2.45) is 0 Å². The summed E-state index contributed by atoms with van der Waals surface area (Å²) in [6.45, 7) is 4.72. The molecule has 1 aliphatic heterocycles. The highest BCUT2D eigenvalue weighted by Crippen LogP contribution is 2.39. The minimum atomic E-state index is -0.679. The van der Waals surface area contributed by atoms with Crippen LogP contribution in [0.1, 0.15) is 37.4 Å². The summed E-state index contributed by atoms with van der Waals surface area (Å²) in [4.78, 5) is 27.3. The summed E-state index contributed by atoms with van der Waals surface area (Å²) in [5.74, 6) is -0.792. The van der Waals surface area contributed by atoms with Crippen LogP contribution in [0, 0.1) is 0 Å². The van der Waals surface area contributed by atoms with Gasteiger partial charge in [0.15, 0.2) is 0 Å². The number of aliphatic hydroxyl groups is 1. The Balaban J connectivity index is 2.01. The molecule has 6 nitrogen and oxygen atoms in total. The Morgan fingerprint density at radius 3 is 2.33 bits per heavy atom. The molecule has 1 heterocycles. The van der Waals surface area contributed by atoms with Crippen LogP contribution >= 0.6 is 0 Å². The summed E-state index contributed by atoms with van der Waals surface area (Å²) in [7, 11) is 1.57. The van der Waals surface area contributed by atoms with Gasteiger partial charge in [-0.05, 0) is 38.0 Å². The van der Waals surface area contributed by atoms with Gasteiger partial charge >= 0.3 is 0 Å². The van der Waals surface area contributed by atoms with Crippen LogP contribution in [0.4, 0.5) is 0 Å². The molecule has 1 amide bonds. The van der Waals surface area contributed by atoms with E-state index in [9.17, 15) is 14.7 Å². The van der Waals surface area contributed by atoms with Crippen molar-refractivity contribution in [3.8, 4) is 5.75 Å². The summed E-state index contributed by atoms with van der Waals surface area (Å²) in [5, 5.41) is 10.9. The third-order valence-electron chi connectivity index (χ3n) is 5.01. The van der Waals surface area contributed by atoms with Gasteiger partial charge in [0, 0.05) is 18.7 Å². The third-order valence-corrected chi connectivity index (χ3v) is 5.01. The van der Waals surface area contributed by atoms with E-state index in [1.807, 2.05) is 32.0 Å². The molecule has 3 rings (SSSR count). The summed E-state index contributed by atoms with van der Waals surface area (Å²) < 4.78 is 10.8. The molecular formula is C24H27NO5. The van der Waals surface area contributed by atoms with Gasteiger partial charge in [0.05, 0.1) is 24.8 Å². The second-order valence-corrected chi connectivity index (χ2v) is 7.40. The predicted molar refractivity (Wildman–Crippen MR) is 114 cm³/mol. The van der Waals surface area contributed by atoms with Gasteiger partial charge in [-0.25, -0.2) is 0 Å². The SMILES string of the molecule is COc1ccc([C@@H]2C(=C(O)c3ccccc3)C(=O)C(=O)N2CCCOC(C)C)cc1. The van der Waals surface area contributed by atoms with Gasteiger partial charge in [-0.15, -0.1) is 0 Å². The first-order valence-corrected chi connectivity index (χ1v) is 10.0. The maximum atomic E-state index is 12.9. The van der Waals surface area contributed by atoms with Gasteiger partial charge in [-0.3, -0.25) is 9.59 Å². The number of Topliss-reactive ketones (excluding diaryl/α,β-unsaturated/α-hetero) is 1. The molecule has 30 heavy (non-hydrogen) atoms. The first-order chi connectivity index (χ1) is 14.4. The van der Waals surface area contributed by atoms with Crippen LogP contribution in [0.3, 0.4) is 0 Å². The van der Waals surface area contributed by atoms with Crippen molar-refractivity contribution < 1.29 is 24.2 Å². The second-order valence-electron chi connectivity index (χ2n) is 7.40. The standard InChI is InChI=1S/C24H27NO5/c1-16(2)30-15-7-14-25-21(17-10-12-19(29-3)13-11-17)20(23(27)24(25)28)22(26)18-8-5-4-6-9-18/h4-6,8-13,16,21,26H,7,14-15H2,1-3H3/t21-/m1/s1. The van der Waals surface area contributed by atoms with Crippen molar-refractivity contribution in [3.63, 3.8) is 0 Å². The number of ketones is 1. The largest absolute Gasteiger partial charge is 0.507 e. The maximum absolute atomic E-state index is 12.9. The number of benzene rings is 2. The number of aliphatic hydroxyl groups excluding tert-OH is 1. The molecule has 1 saturated heterocycles.